The number of nitrogens with zero attached hydrogens (tertiary/aromatic N) is 1. The highest BCUT2D eigenvalue weighted by molar-refractivity contribution is 5.76. The van der Waals surface area contributed by atoms with Crippen LogP contribution < -0.4 is 5.32 Å². The number of unbranched alkanes of at least 4 members (excludes halogenated alkanes) is 2. The summed E-state index contributed by atoms with van der Waals surface area (Å²) in [6, 6.07) is 0.528. The highest BCUT2D eigenvalue weighted by Gasteiger charge is 2.19. The zero-order chi connectivity index (χ0) is 13.2. The summed E-state index contributed by atoms with van der Waals surface area (Å²) in [5.74, 6) is 0.359. The largest absolute Gasteiger partial charge is 0.341 e. The standard InChI is InChI=1S/C15H30N2O/c1-3-5-6-10-15(18)17(12-4-2)13-14-9-7-8-11-16-14/h14,16H,3-13H2,1-2H3. The summed E-state index contributed by atoms with van der Waals surface area (Å²) in [6.45, 7) is 7.29. The van der Waals surface area contributed by atoms with Crippen LogP contribution in [0.25, 0.3) is 0 Å². The van der Waals surface area contributed by atoms with Crippen molar-refractivity contribution in [3.05, 3.63) is 0 Å². The Morgan fingerprint density at radius 3 is 2.67 bits per heavy atom. The number of hydrogen-bond acceptors (Lipinski definition) is 2. The molecule has 0 aromatic heterocycles. The zero-order valence-electron chi connectivity index (χ0n) is 12.2. The van der Waals surface area contributed by atoms with Gasteiger partial charge in [0, 0.05) is 25.6 Å². The molecule has 1 aliphatic heterocycles. The first kappa shape index (κ1) is 15.5. The van der Waals surface area contributed by atoms with Gasteiger partial charge in [0.2, 0.25) is 5.91 Å². The van der Waals surface area contributed by atoms with Gasteiger partial charge in [0.15, 0.2) is 0 Å². The molecular formula is C15H30N2O. The summed E-state index contributed by atoms with van der Waals surface area (Å²) < 4.78 is 0. The first-order valence-electron chi connectivity index (χ1n) is 7.79. The topological polar surface area (TPSA) is 32.3 Å². The second-order valence-corrected chi connectivity index (χ2v) is 5.44. The Morgan fingerprint density at radius 2 is 2.06 bits per heavy atom. The highest BCUT2D eigenvalue weighted by atomic mass is 16.2. The predicted molar refractivity (Wildman–Crippen MR) is 76.7 cm³/mol. The molecule has 1 heterocycles. The lowest BCUT2D eigenvalue weighted by Gasteiger charge is -2.30. The predicted octanol–water partition coefficient (Wildman–Crippen LogP) is 2.95. The maximum atomic E-state index is 12.2. The van der Waals surface area contributed by atoms with E-state index in [4.69, 9.17) is 0 Å². The van der Waals surface area contributed by atoms with Crippen LogP contribution in [0.4, 0.5) is 0 Å². The summed E-state index contributed by atoms with van der Waals surface area (Å²) >= 11 is 0. The summed E-state index contributed by atoms with van der Waals surface area (Å²) in [6.07, 6.45) is 9.03. The molecule has 1 N–H and O–H groups in total. The van der Waals surface area contributed by atoms with Gasteiger partial charge < -0.3 is 10.2 Å². The van der Waals surface area contributed by atoms with E-state index in [2.05, 4.69) is 24.1 Å². The molecule has 1 amide bonds. The lowest BCUT2D eigenvalue weighted by molar-refractivity contribution is -0.131. The molecule has 0 bridgehead atoms. The van der Waals surface area contributed by atoms with E-state index in [9.17, 15) is 4.79 Å². The number of nitrogens with one attached hydrogen (secondary N) is 1. The van der Waals surface area contributed by atoms with Gasteiger partial charge in [-0.2, -0.15) is 0 Å². The van der Waals surface area contributed by atoms with E-state index in [-0.39, 0.29) is 0 Å². The lowest BCUT2D eigenvalue weighted by atomic mass is 10.0. The molecule has 0 aromatic carbocycles. The Balaban J connectivity index is 2.34. The van der Waals surface area contributed by atoms with Crippen molar-refractivity contribution in [2.45, 2.75) is 71.3 Å². The van der Waals surface area contributed by atoms with E-state index in [1.807, 2.05) is 0 Å². The molecular weight excluding hydrogens is 224 g/mol. The van der Waals surface area contributed by atoms with E-state index in [0.717, 1.165) is 38.9 Å². The third kappa shape index (κ3) is 5.85. The van der Waals surface area contributed by atoms with E-state index in [0.29, 0.717) is 11.9 Å². The third-order valence-electron chi connectivity index (χ3n) is 3.69. The minimum Gasteiger partial charge on any atom is -0.341 e. The van der Waals surface area contributed by atoms with Crippen molar-refractivity contribution < 1.29 is 4.79 Å². The fraction of sp³-hybridized carbons (Fsp3) is 0.933. The number of carbonyl (C=O) groups is 1. The second kappa shape index (κ2) is 9.37. The Bertz CT molecular complexity index is 225. The van der Waals surface area contributed by atoms with Crippen molar-refractivity contribution in [3.8, 4) is 0 Å². The van der Waals surface area contributed by atoms with Crippen molar-refractivity contribution in [2.24, 2.45) is 0 Å². The molecule has 18 heavy (non-hydrogen) atoms. The Hall–Kier alpha value is -0.570. The molecule has 0 spiro atoms. The third-order valence-corrected chi connectivity index (χ3v) is 3.69. The normalized spacial score (nSPS) is 19.8. The van der Waals surface area contributed by atoms with Crippen LogP contribution in [0.1, 0.15) is 65.2 Å². The highest BCUT2D eigenvalue weighted by Crippen LogP contribution is 2.11. The van der Waals surface area contributed by atoms with E-state index < -0.39 is 0 Å². The molecule has 1 aliphatic rings. The maximum Gasteiger partial charge on any atom is 0.222 e. The molecule has 1 rings (SSSR count). The van der Waals surface area contributed by atoms with Gasteiger partial charge in [0.25, 0.3) is 0 Å². The van der Waals surface area contributed by atoms with Crippen LogP contribution >= 0.6 is 0 Å². The summed E-state index contributed by atoms with van der Waals surface area (Å²) in [5.41, 5.74) is 0. The van der Waals surface area contributed by atoms with Crippen LogP contribution in [-0.4, -0.2) is 36.5 Å². The lowest BCUT2D eigenvalue weighted by Crippen LogP contribution is -2.46. The van der Waals surface area contributed by atoms with Gasteiger partial charge in [0.05, 0.1) is 0 Å². The van der Waals surface area contributed by atoms with Crippen LogP contribution in [-0.2, 0) is 4.79 Å². The molecule has 0 aromatic rings. The minimum absolute atomic E-state index is 0.359. The van der Waals surface area contributed by atoms with E-state index in [1.54, 1.807) is 0 Å². The van der Waals surface area contributed by atoms with Gasteiger partial charge in [-0.25, -0.2) is 0 Å². The molecule has 1 saturated heterocycles. The van der Waals surface area contributed by atoms with Gasteiger partial charge in [-0.1, -0.05) is 33.1 Å². The number of rotatable bonds is 8. The van der Waals surface area contributed by atoms with E-state index in [1.165, 1.54) is 32.1 Å². The van der Waals surface area contributed by atoms with Crippen molar-refractivity contribution in [3.63, 3.8) is 0 Å². The van der Waals surface area contributed by atoms with Crippen molar-refractivity contribution in [1.82, 2.24) is 10.2 Å². The number of amides is 1. The first-order valence-corrected chi connectivity index (χ1v) is 7.79. The molecule has 1 atom stereocenters. The van der Waals surface area contributed by atoms with Gasteiger partial charge >= 0.3 is 0 Å². The van der Waals surface area contributed by atoms with Crippen LogP contribution in [0.5, 0.6) is 0 Å². The first-order chi connectivity index (χ1) is 8.77. The Kier molecular flexibility index (Phi) is 8.06. The molecule has 0 aliphatic carbocycles. The van der Waals surface area contributed by atoms with E-state index >= 15 is 0 Å². The van der Waals surface area contributed by atoms with Gasteiger partial charge in [-0.15, -0.1) is 0 Å². The number of carbonyl (C=O) groups excluding carboxylic acids is 1. The van der Waals surface area contributed by atoms with Crippen LogP contribution in [0.15, 0.2) is 0 Å². The fourth-order valence-corrected chi connectivity index (χ4v) is 2.62. The second-order valence-electron chi connectivity index (χ2n) is 5.44. The van der Waals surface area contributed by atoms with Crippen molar-refractivity contribution in [1.29, 1.82) is 0 Å². The smallest absolute Gasteiger partial charge is 0.222 e. The quantitative estimate of drug-likeness (QED) is 0.675. The molecule has 0 saturated carbocycles. The molecule has 106 valence electrons. The molecule has 3 nitrogen and oxygen atoms in total. The van der Waals surface area contributed by atoms with Crippen LogP contribution in [0.2, 0.25) is 0 Å². The SMILES string of the molecule is CCCCCC(=O)N(CCC)CC1CCCCN1. The van der Waals surface area contributed by atoms with Crippen molar-refractivity contribution >= 4 is 5.91 Å². The minimum atomic E-state index is 0.359. The molecule has 1 unspecified atom stereocenters. The average Bonchev–Trinajstić information content (AvgIpc) is 2.39. The fourth-order valence-electron chi connectivity index (χ4n) is 2.62. The Morgan fingerprint density at radius 1 is 1.22 bits per heavy atom. The summed E-state index contributed by atoms with van der Waals surface area (Å²) in [5, 5.41) is 3.54. The monoisotopic (exact) mass is 254 g/mol. The summed E-state index contributed by atoms with van der Waals surface area (Å²) in [4.78, 5) is 14.3. The average molecular weight is 254 g/mol. The van der Waals surface area contributed by atoms with Gasteiger partial charge in [-0.3, -0.25) is 4.79 Å². The number of hydrogen-bond donors (Lipinski definition) is 1. The zero-order valence-corrected chi connectivity index (χ0v) is 12.2. The molecule has 0 radical (unpaired) electrons. The summed E-state index contributed by atoms with van der Waals surface area (Å²) in [7, 11) is 0. The van der Waals surface area contributed by atoms with Gasteiger partial charge in [-0.05, 0) is 32.2 Å². The maximum absolute atomic E-state index is 12.2. The number of piperidine rings is 1. The Labute approximate surface area is 112 Å². The molecule has 3 heteroatoms. The van der Waals surface area contributed by atoms with Gasteiger partial charge in [0.1, 0.15) is 0 Å². The van der Waals surface area contributed by atoms with Crippen LogP contribution in [0.3, 0.4) is 0 Å². The van der Waals surface area contributed by atoms with Crippen LogP contribution in [0, 0.1) is 0 Å². The molecule has 1 fully saturated rings. The van der Waals surface area contributed by atoms with Crippen molar-refractivity contribution in [2.75, 3.05) is 19.6 Å².